The van der Waals surface area contributed by atoms with Crippen molar-refractivity contribution in [1.82, 2.24) is 29.7 Å². The number of fused-ring (bicyclic) bond motifs is 1. The van der Waals surface area contributed by atoms with E-state index in [4.69, 9.17) is 15.0 Å². The van der Waals surface area contributed by atoms with Crippen LogP contribution in [0, 0.1) is 0 Å². The van der Waals surface area contributed by atoms with Gasteiger partial charge in [-0.3, -0.25) is 4.90 Å². The first-order valence-corrected chi connectivity index (χ1v) is 15.2. The lowest BCUT2D eigenvalue weighted by molar-refractivity contribution is 0.228. The van der Waals surface area contributed by atoms with Gasteiger partial charge in [-0.05, 0) is 63.6 Å². The van der Waals surface area contributed by atoms with Crippen molar-refractivity contribution in [2.24, 2.45) is 0 Å². The summed E-state index contributed by atoms with van der Waals surface area (Å²) < 4.78 is 0. The van der Waals surface area contributed by atoms with Gasteiger partial charge in [-0.1, -0.05) is 36.8 Å². The number of nitrogens with zero attached hydrogens (tertiary/aromatic N) is 7. The summed E-state index contributed by atoms with van der Waals surface area (Å²) in [6.45, 7) is 11.6. The van der Waals surface area contributed by atoms with E-state index in [1.165, 1.54) is 49.2 Å². The number of likely N-dealkylation sites (N-methyl/N-ethyl adjacent to an activating group) is 1. The van der Waals surface area contributed by atoms with E-state index in [2.05, 4.69) is 74.4 Å². The number of pyridine rings is 1. The van der Waals surface area contributed by atoms with Gasteiger partial charge in [0.25, 0.3) is 0 Å². The van der Waals surface area contributed by atoms with Crippen molar-refractivity contribution in [1.29, 1.82) is 0 Å². The number of piperazine rings is 1. The number of anilines is 2. The highest BCUT2D eigenvalue weighted by Gasteiger charge is 2.24. The van der Waals surface area contributed by atoms with Crippen LogP contribution in [0.2, 0.25) is 0 Å². The number of hydrogen-bond donors (Lipinski definition) is 1. The third kappa shape index (κ3) is 6.79. The second-order valence-corrected chi connectivity index (χ2v) is 11.6. The smallest absolute Gasteiger partial charge is 0.163 e. The van der Waals surface area contributed by atoms with Crippen LogP contribution in [0.15, 0.2) is 48.7 Å². The molecule has 0 amide bonds. The first-order valence-electron chi connectivity index (χ1n) is 15.2. The Hall–Kier alpha value is -3.07. The molecule has 2 aromatic heterocycles. The van der Waals surface area contributed by atoms with E-state index in [0.717, 1.165) is 94.8 Å². The minimum Gasteiger partial charge on any atom is -0.370 e. The Balaban J connectivity index is 1.19. The molecule has 0 saturated carbocycles. The second-order valence-electron chi connectivity index (χ2n) is 11.6. The van der Waals surface area contributed by atoms with Crippen LogP contribution in [0.3, 0.4) is 0 Å². The monoisotopic (exact) mass is 540 g/mol. The summed E-state index contributed by atoms with van der Waals surface area (Å²) in [5.41, 5.74) is 4.77. The highest BCUT2D eigenvalue weighted by atomic mass is 15.3. The van der Waals surface area contributed by atoms with Crippen LogP contribution in [0.4, 0.5) is 11.6 Å². The van der Waals surface area contributed by atoms with Gasteiger partial charge in [-0.25, -0.2) is 15.0 Å². The fourth-order valence-electron chi connectivity index (χ4n) is 6.16. The Morgan fingerprint density at radius 1 is 0.825 bits per heavy atom. The zero-order valence-corrected chi connectivity index (χ0v) is 24.1. The van der Waals surface area contributed by atoms with Gasteiger partial charge in [-0.2, -0.15) is 0 Å². The summed E-state index contributed by atoms with van der Waals surface area (Å²) in [5.74, 6) is 2.83. The van der Waals surface area contributed by atoms with Gasteiger partial charge in [0.2, 0.25) is 0 Å². The Kier molecular flexibility index (Phi) is 8.86. The summed E-state index contributed by atoms with van der Waals surface area (Å²) in [4.78, 5) is 24.9. The fourth-order valence-corrected chi connectivity index (χ4v) is 6.16. The van der Waals surface area contributed by atoms with E-state index in [1.54, 1.807) is 0 Å². The van der Waals surface area contributed by atoms with Crippen LogP contribution >= 0.6 is 0 Å². The summed E-state index contributed by atoms with van der Waals surface area (Å²) in [5, 5.41) is 3.74. The lowest BCUT2D eigenvalue weighted by Gasteiger charge is -2.33. The minimum absolute atomic E-state index is 0.784. The number of piperidine rings is 1. The first kappa shape index (κ1) is 27.1. The molecule has 212 valence electrons. The highest BCUT2D eigenvalue weighted by molar-refractivity contribution is 5.61. The zero-order valence-electron chi connectivity index (χ0n) is 24.1. The van der Waals surface area contributed by atoms with Crippen molar-refractivity contribution < 1.29 is 0 Å². The van der Waals surface area contributed by atoms with Crippen LogP contribution in [-0.2, 0) is 19.5 Å². The zero-order chi connectivity index (χ0) is 27.1. The molecule has 1 aromatic carbocycles. The number of likely N-dealkylation sites (tertiary alicyclic amines) is 1. The standard InChI is InChI=1S/C32H44N8/c1-37-19-21-40(22-20-37)30-12-11-27(23-34-30)31-35-29-13-18-39(24-26-9-4-2-5-10-26)25-28(29)32(36-31)33-14-8-17-38-15-6-3-7-16-38/h2,4-5,9-12,23H,3,6-8,13-22,24-25H2,1H3,(H,33,35,36). The summed E-state index contributed by atoms with van der Waals surface area (Å²) in [7, 11) is 2.18. The van der Waals surface area contributed by atoms with Gasteiger partial charge < -0.3 is 20.0 Å². The molecule has 2 fully saturated rings. The Morgan fingerprint density at radius 3 is 2.42 bits per heavy atom. The van der Waals surface area contributed by atoms with Crippen LogP contribution in [0.25, 0.3) is 11.4 Å². The molecule has 5 heterocycles. The Bertz CT molecular complexity index is 1220. The normalized spacial score (nSPS) is 19.0. The maximum atomic E-state index is 5.11. The van der Waals surface area contributed by atoms with E-state index in [9.17, 15) is 0 Å². The summed E-state index contributed by atoms with van der Waals surface area (Å²) in [6.07, 6.45) is 8.09. The third-order valence-electron chi connectivity index (χ3n) is 8.61. The molecular weight excluding hydrogens is 496 g/mol. The Morgan fingerprint density at radius 2 is 1.65 bits per heavy atom. The number of nitrogens with one attached hydrogen (secondary N) is 1. The molecule has 2 saturated heterocycles. The predicted molar refractivity (Wildman–Crippen MR) is 163 cm³/mol. The molecule has 3 aromatic rings. The number of benzene rings is 1. The topological polar surface area (TPSA) is 63.7 Å². The second kappa shape index (κ2) is 13.1. The van der Waals surface area contributed by atoms with Crippen molar-refractivity contribution in [3.05, 3.63) is 65.5 Å². The third-order valence-corrected chi connectivity index (χ3v) is 8.61. The maximum absolute atomic E-state index is 5.11. The maximum Gasteiger partial charge on any atom is 0.163 e. The molecule has 0 unspecified atom stereocenters. The first-order chi connectivity index (χ1) is 19.7. The van der Waals surface area contributed by atoms with E-state index < -0.39 is 0 Å². The average Bonchev–Trinajstić information content (AvgIpc) is 3.01. The van der Waals surface area contributed by atoms with Crippen LogP contribution in [-0.4, -0.2) is 95.6 Å². The van der Waals surface area contributed by atoms with Crippen molar-refractivity contribution >= 4 is 11.6 Å². The molecule has 0 spiro atoms. The largest absolute Gasteiger partial charge is 0.370 e. The number of hydrogen-bond acceptors (Lipinski definition) is 8. The quantitative estimate of drug-likeness (QED) is 0.407. The van der Waals surface area contributed by atoms with Gasteiger partial charge >= 0.3 is 0 Å². The van der Waals surface area contributed by atoms with E-state index in [-0.39, 0.29) is 0 Å². The van der Waals surface area contributed by atoms with E-state index >= 15 is 0 Å². The van der Waals surface area contributed by atoms with Crippen LogP contribution < -0.4 is 10.2 Å². The Labute approximate surface area is 239 Å². The molecule has 3 aliphatic heterocycles. The average molecular weight is 541 g/mol. The molecule has 0 atom stereocenters. The molecule has 8 nitrogen and oxygen atoms in total. The van der Waals surface area contributed by atoms with Crippen molar-refractivity contribution in [3.63, 3.8) is 0 Å². The summed E-state index contributed by atoms with van der Waals surface area (Å²) >= 11 is 0. The van der Waals surface area contributed by atoms with E-state index in [0.29, 0.717) is 0 Å². The predicted octanol–water partition coefficient (Wildman–Crippen LogP) is 4.14. The van der Waals surface area contributed by atoms with Crippen LogP contribution in [0.1, 0.15) is 42.5 Å². The van der Waals surface area contributed by atoms with Gasteiger partial charge in [0.05, 0.1) is 5.69 Å². The molecule has 1 N–H and O–H groups in total. The molecule has 0 bridgehead atoms. The molecular formula is C32H44N8. The SMILES string of the molecule is CN1CCN(c2ccc(-c3nc4c(c(NCCCN5CCCCC5)n3)CN(Cc3ccccc3)CC4)cn2)CC1. The van der Waals surface area contributed by atoms with Crippen molar-refractivity contribution in [2.45, 2.75) is 45.2 Å². The molecule has 0 radical (unpaired) electrons. The molecule has 0 aliphatic carbocycles. The van der Waals surface area contributed by atoms with E-state index in [1.807, 2.05) is 6.20 Å². The lowest BCUT2D eigenvalue weighted by atomic mass is 10.0. The molecule has 40 heavy (non-hydrogen) atoms. The van der Waals surface area contributed by atoms with Crippen molar-refractivity contribution in [3.8, 4) is 11.4 Å². The van der Waals surface area contributed by atoms with Gasteiger partial charge in [0, 0.05) is 76.1 Å². The fraction of sp³-hybridized carbons (Fsp3) is 0.531. The lowest BCUT2D eigenvalue weighted by Crippen LogP contribution is -2.44. The number of aromatic nitrogens is 3. The van der Waals surface area contributed by atoms with Gasteiger partial charge in [0.15, 0.2) is 5.82 Å². The molecule has 3 aliphatic rings. The minimum atomic E-state index is 0.784. The molecule has 8 heteroatoms. The highest BCUT2D eigenvalue weighted by Crippen LogP contribution is 2.29. The van der Waals surface area contributed by atoms with Crippen LogP contribution in [0.5, 0.6) is 0 Å². The summed E-state index contributed by atoms with van der Waals surface area (Å²) in [6, 6.07) is 15.1. The number of rotatable bonds is 9. The van der Waals surface area contributed by atoms with Gasteiger partial charge in [-0.15, -0.1) is 0 Å². The van der Waals surface area contributed by atoms with Gasteiger partial charge in [0.1, 0.15) is 11.6 Å². The van der Waals surface area contributed by atoms with Crippen molar-refractivity contribution in [2.75, 3.05) is 76.2 Å². The molecule has 6 rings (SSSR count).